The number of rotatable bonds is 6. The van der Waals surface area contributed by atoms with E-state index in [-0.39, 0.29) is 0 Å². The third-order valence-electron chi connectivity index (χ3n) is 3.61. The fraction of sp³-hybridized carbons (Fsp3) is 0.647. The van der Waals surface area contributed by atoms with Crippen molar-refractivity contribution in [1.82, 2.24) is 5.32 Å². The van der Waals surface area contributed by atoms with Crippen molar-refractivity contribution in [3.8, 4) is 5.75 Å². The van der Waals surface area contributed by atoms with Crippen LogP contribution in [0.2, 0.25) is 0 Å². The maximum atomic E-state index is 5.30. The van der Waals surface area contributed by atoms with E-state index in [4.69, 9.17) is 4.74 Å². The Morgan fingerprint density at radius 3 is 2.42 bits per heavy atom. The zero-order valence-electron chi connectivity index (χ0n) is 13.3. The van der Waals surface area contributed by atoms with E-state index in [2.05, 4.69) is 58.1 Å². The Balaban J connectivity index is 2.76. The van der Waals surface area contributed by atoms with Gasteiger partial charge in [-0.1, -0.05) is 46.8 Å². The summed E-state index contributed by atoms with van der Waals surface area (Å²) >= 11 is 0. The van der Waals surface area contributed by atoms with Crippen LogP contribution in [0.4, 0.5) is 0 Å². The third-order valence-corrected chi connectivity index (χ3v) is 3.61. The molecule has 0 saturated carbocycles. The molecule has 2 heteroatoms. The highest BCUT2D eigenvalue weighted by Gasteiger charge is 2.24. The normalized spacial score (nSPS) is 13.6. The SMILES string of the molecule is COc1cccc(CC(CNC(C)C)C(C)(C)C)c1. The smallest absolute Gasteiger partial charge is 0.119 e. The van der Waals surface area contributed by atoms with Crippen molar-refractivity contribution < 1.29 is 4.74 Å². The van der Waals surface area contributed by atoms with Gasteiger partial charge in [0.2, 0.25) is 0 Å². The minimum absolute atomic E-state index is 0.297. The van der Waals surface area contributed by atoms with E-state index in [0.29, 0.717) is 17.4 Å². The molecule has 0 radical (unpaired) electrons. The summed E-state index contributed by atoms with van der Waals surface area (Å²) in [6.07, 6.45) is 1.08. The van der Waals surface area contributed by atoms with Crippen LogP contribution in [0, 0.1) is 11.3 Å². The van der Waals surface area contributed by atoms with Gasteiger partial charge in [-0.25, -0.2) is 0 Å². The number of hydrogen-bond acceptors (Lipinski definition) is 2. The number of hydrogen-bond donors (Lipinski definition) is 1. The molecule has 0 bridgehead atoms. The fourth-order valence-electron chi connectivity index (χ4n) is 2.15. The Hall–Kier alpha value is -1.02. The van der Waals surface area contributed by atoms with Crippen LogP contribution in [0.1, 0.15) is 40.2 Å². The molecule has 1 aromatic rings. The molecule has 1 N–H and O–H groups in total. The van der Waals surface area contributed by atoms with E-state index in [9.17, 15) is 0 Å². The lowest BCUT2D eigenvalue weighted by Gasteiger charge is -2.32. The minimum Gasteiger partial charge on any atom is -0.497 e. The number of nitrogens with one attached hydrogen (secondary N) is 1. The first-order valence-electron chi connectivity index (χ1n) is 7.19. The molecule has 0 heterocycles. The topological polar surface area (TPSA) is 21.3 Å². The molecule has 1 unspecified atom stereocenters. The summed E-state index contributed by atoms with van der Waals surface area (Å²) in [7, 11) is 1.72. The average molecular weight is 263 g/mol. The quantitative estimate of drug-likeness (QED) is 0.840. The van der Waals surface area contributed by atoms with E-state index in [1.165, 1.54) is 5.56 Å². The van der Waals surface area contributed by atoms with Crippen LogP contribution in [-0.2, 0) is 6.42 Å². The predicted octanol–water partition coefficient (Wildman–Crippen LogP) is 3.90. The molecule has 0 spiro atoms. The summed E-state index contributed by atoms with van der Waals surface area (Å²) < 4.78 is 5.30. The highest BCUT2D eigenvalue weighted by atomic mass is 16.5. The molecule has 0 aliphatic carbocycles. The first-order valence-corrected chi connectivity index (χ1v) is 7.19. The van der Waals surface area contributed by atoms with Gasteiger partial charge in [-0.2, -0.15) is 0 Å². The molecule has 108 valence electrons. The monoisotopic (exact) mass is 263 g/mol. The van der Waals surface area contributed by atoms with Gasteiger partial charge in [-0.3, -0.25) is 0 Å². The Labute approximate surface area is 118 Å². The van der Waals surface area contributed by atoms with Gasteiger partial charge in [0.25, 0.3) is 0 Å². The molecule has 2 nitrogen and oxygen atoms in total. The lowest BCUT2D eigenvalue weighted by molar-refractivity contribution is 0.226. The van der Waals surface area contributed by atoms with Gasteiger partial charge in [0.05, 0.1) is 7.11 Å². The van der Waals surface area contributed by atoms with Gasteiger partial charge in [0.15, 0.2) is 0 Å². The van der Waals surface area contributed by atoms with Gasteiger partial charge in [-0.15, -0.1) is 0 Å². The van der Waals surface area contributed by atoms with E-state index < -0.39 is 0 Å². The molecule has 19 heavy (non-hydrogen) atoms. The van der Waals surface area contributed by atoms with Crippen molar-refractivity contribution in [3.63, 3.8) is 0 Å². The van der Waals surface area contributed by atoms with Crippen molar-refractivity contribution in [2.45, 2.75) is 47.1 Å². The Bertz CT molecular complexity index is 379. The fourth-order valence-corrected chi connectivity index (χ4v) is 2.15. The number of methoxy groups -OCH3 is 1. The summed E-state index contributed by atoms with van der Waals surface area (Å²) in [5, 5.41) is 3.57. The molecule has 0 aliphatic rings. The molecule has 0 aliphatic heterocycles. The summed E-state index contributed by atoms with van der Waals surface area (Å²) in [5.74, 6) is 1.56. The van der Waals surface area contributed by atoms with Crippen LogP contribution in [0.3, 0.4) is 0 Å². The first-order chi connectivity index (χ1) is 8.82. The van der Waals surface area contributed by atoms with E-state index in [0.717, 1.165) is 18.7 Å². The standard InChI is InChI=1S/C17H29NO/c1-13(2)18-12-15(17(3,4)5)10-14-8-7-9-16(11-14)19-6/h7-9,11,13,15,18H,10,12H2,1-6H3. The lowest BCUT2D eigenvalue weighted by Crippen LogP contribution is -2.36. The zero-order chi connectivity index (χ0) is 14.5. The maximum absolute atomic E-state index is 5.30. The van der Waals surface area contributed by atoms with Crippen molar-refractivity contribution in [3.05, 3.63) is 29.8 Å². The molecule has 0 aromatic heterocycles. The van der Waals surface area contributed by atoms with Crippen LogP contribution in [0.5, 0.6) is 5.75 Å². The van der Waals surface area contributed by atoms with E-state index in [1.54, 1.807) is 7.11 Å². The Kier molecular flexibility index (Phi) is 5.86. The minimum atomic E-state index is 0.297. The van der Waals surface area contributed by atoms with Gasteiger partial charge >= 0.3 is 0 Å². The van der Waals surface area contributed by atoms with Crippen molar-refractivity contribution in [1.29, 1.82) is 0 Å². The summed E-state index contributed by atoms with van der Waals surface area (Å²) in [4.78, 5) is 0. The summed E-state index contributed by atoms with van der Waals surface area (Å²) in [5.41, 5.74) is 1.65. The largest absolute Gasteiger partial charge is 0.497 e. The van der Waals surface area contributed by atoms with Crippen LogP contribution in [0.15, 0.2) is 24.3 Å². The van der Waals surface area contributed by atoms with Gasteiger partial charge in [0, 0.05) is 6.04 Å². The molecule has 1 aromatic carbocycles. The van der Waals surface area contributed by atoms with Gasteiger partial charge in [-0.05, 0) is 42.0 Å². The van der Waals surface area contributed by atoms with E-state index in [1.807, 2.05) is 6.07 Å². The molecule has 1 rings (SSSR count). The van der Waals surface area contributed by atoms with E-state index >= 15 is 0 Å². The molecular weight excluding hydrogens is 234 g/mol. The zero-order valence-corrected chi connectivity index (χ0v) is 13.3. The molecule has 0 amide bonds. The number of benzene rings is 1. The Morgan fingerprint density at radius 2 is 1.89 bits per heavy atom. The second-order valence-electron chi connectivity index (χ2n) is 6.68. The summed E-state index contributed by atoms with van der Waals surface area (Å²) in [6.45, 7) is 12.4. The van der Waals surface area contributed by atoms with Crippen LogP contribution in [-0.4, -0.2) is 19.7 Å². The predicted molar refractivity (Wildman–Crippen MR) is 82.8 cm³/mol. The lowest BCUT2D eigenvalue weighted by atomic mass is 9.77. The highest BCUT2D eigenvalue weighted by Crippen LogP contribution is 2.29. The number of ether oxygens (including phenoxy) is 1. The van der Waals surface area contributed by atoms with Crippen LogP contribution >= 0.6 is 0 Å². The molecule has 0 saturated heterocycles. The maximum Gasteiger partial charge on any atom is 0.119 e. The third kappa shape index (κ3) is 5.65. The van der Waals surface area contributed by atoms with Crippen molar-refractivity contribution >= 4 is 0 Å². The molecular formula is C17H29NO. The second kappa shape index (κ2) is 6.95. The molecule has 1 atom stereocenters. The first kappa shape index (κ1) is 16.0. The Morgan fingerprint density at radius 1 is 1.21 bits per heavy atom. The highest BCUT2D eigenvalue weighted by molar-refractivity contribution is 5.28. The summed E-state index contributed by atoms with van der Waals surface area (Å²) in [6, 6.07) is 8.95. The average Bonchev–Trinajstić information content (AvgIpc) is 2.33. The van der Waals surface area contributed by atoms with Gasteiger partial charge < -0.3 is 10.1 Å². The van der Waals surface area contributed by atoms with Crippen molar-refractivity contribution in [2.24, 2.45) is 11.3 Å². The molecule has 0 fully saturated rings. The van der Waals surface area contributed by atoms with Crippen LogP contribution in [0.25, 0.3) is 0 Å². The second-order valence-corrected chi connectivity index (χ2v) is 6.68. The van der Waals surface area contributed by atoms with Crippen LogP contribution < -0.4 is 10.1 Å². The van der Waals surface area contributed by atoms with Crippen molar-refractivity contribution in [2.75, 3.05) is 13.7 Å². The van der Waals surface area contributed by atoms with Gasteiger partial charge in [0.1, 0.15) is 5.75 Å².